The Balaban J connectivity index is 1.56. The molecule has 1 aliphatic heterocycles. The van der Waals surface area contributed by atoms with Gasteiger partial charge in [-0.15, -0.1) is 5.10 Å². The van der Waals surface area contributed by atoms with Crippen LogP contribution in [0.2, 0.25) is 0 Å². The lowest BCUT2D eigenvalue weighted by atomic mass is 10.1. The van der Waals surface area contributed by atoms with E-state index >= 15 is 0 Å². The van der Waals surface area contributed by atoms with Gasteiger partial charge in [-0.1, -0.05) is 22.0 Å². The summed E-state index contributed by atoms with van der Waals surface area (Å²) in [4.78, 5) is 12.5. The zero-order chi connectivity index (χ0) is 17.2. The van der Waals surface area contributed by atoms with Gasteiger partial charge >= 0.3 is 0 Å². The topological polar surface area (TPSA) is 81.9 Å². The van der Waals surface area contributed by atoms with Crippen molar-refractivity contribution in [1.82, 2.24) is 20.2 Å². The average Bonchev–Trinajstić information content (AvgIpc) is 3.16. The smallest absolute Gasteiger partial charge is 0.255 e. The van der Waals surface area contributed by atoms with Crippen molar-refractivity contribution < 1.29 is 9.53 Å². The van der Waals surface area contributed by atoms with E-state index in [0.717, 1.165) is 21.5 Å². The second kappa shape index (κ2) is 6.48. The number of carbonyl (C=O) groups is 1. The largest absolute Gasteiger partial charge is 0.488 e. The van der Waals surface area contributed by atoms with E-state index in [0.29, 0.717) is 11.3 Å². The molecule has 1 N–H and O–H groups in total. The number of hydrogen-bond donors (Lipinski definition) is 1. The number of hydrogen-bond acceptors (Lipinski definition) is 5. The molecule has 0 spiro atoms. The molecule has 4 rings (SSSR count). The molecule has 0 saturated carbocycles. The number of tetrazole rings is 1. The summed E-state index contributed by atoms with van der Waals surface area (Å²) in [5.41, 5.74) is 2.83. The molecular weight excluding hydrogens is 386 g/mol. The third kappa shape index (κ3) is 3.29. The average molecular weight is 398 g/mol. The van der Waals surface area contributed by atoms with Crippen LogP contribution in [0.4, 0.5) is 5.69 Å². The summed E-state index contributed by atoms with van der Waals surface area (Å²) < 4.78 is 8.10. The molecule has 0 aliphatic carbocycles. The first-order valence-corrected chi connectivity index (χ1v) is 8.26. The molecule has 0 bridgehead atoms. The molecule has 8 heteroatoms. The zero-order valence-electron chi connectivity index (χ0n) is 12.9. The number of nitrogens with one attached hydrogen (secondary N) is 1. The van der Waals surface area contributed by atoms with Crippen LogP contribution in [-0.4, -0.2) is 32.7 Å². The Morgan fingerprint density at radius 3 is 3.00 bits per heavy atom. The summed E-state index contributed by atoms with van der Waals surface area (Å²) in [5, 5.41) is 13.9. The number of ether oxygens (including phenoxy) is 1. The van der Waals surface area contributed by atoms with Gasteiger partial charge in [0.15, 0.2) is 0 Å². The number of rotatable bonds is 3. The minimum Gasteiger partial charge on any atom is -0.488 e. The van der Waals surface area contributed by atoms with Crippen LogP contribution >= 0.6 is 15.9 Å². The van der Waals surface area contributed by atoms with Crippen molar-refractivity contribution in [3.05, 3.63) is 64.4 Å². The van der Waals surface area contributed by atoms with Crippen LogP contribution in [0, 0.1) is 0 Å². The molecule has 2 heterocycles. The maximum Gasteiger partial charge on any atom is 0.255 e. The summed E-state index contributed by atoms with van der Waals surface area (Å²) in [6.07, 6.45) is 3.33. The fourth-order valence-corrected chi connectivity index (χ4v) is 2.88. The van der Waals surface area contributed by atoms with E-state index in [1.165, 1.54) is 11.0 Å². The summed E-state index contributed by atoms with van der Waals surface area (Å²) >= 11 is 3.42. The van der Waals surface area contributed by atoms with Crippen LogP contribution in [0.3, 0.4) is 0 Å². The predicted octanol–water partition coefficient (Wildman–Crippen LogP) is 2.84. The Morgan fingerprint density at radius 2 is 2.16 bits per heavy atom. The van der Waals surface area contributed by atoms with Crippen molar-refractivity contribution in [3.8, 4) is 11.4 Å². The first kappa shape index (κ1) is 15.5. The first-order chi connectivity index (χ1) is 12.2. The van der Waals surface area contributed by atoms with Gasteiger partial charge in [-0.05, 0) is 52.9 Å². The molecule has 124 valence electrons. The molecule has 7 nitrogen and oxygen atoms in total. The van der Waals surface area contributed by atoms with Gasteiger partial charge in [-0.2, -0.15) is 0 Å². The number of halogens is 1. The van der Waals surface area contributed by atoms with Crippen molar-refractivity contribution in [1.29, 1.82) is 0 Å². The number of anilines is 1. The van der Waals surface area contributed by atoms with E-state index in [9.17, 15) is 4.79 Å². The standard InChI is InChI=1S/C17H12BrN5O2/c18-13-4-5-16-11(7-13)6-12(9-25-16)17(24)20-14-2-1-3-15(8-14)23-10-19-21-22-23/h1-8,10H,9H2,(H,20,24). The number of nitrogens with zero attached hydrogens (tertiary/aromatic N) is 4. The molecule has 0 unspecified atom stereocenters. The second-order valence-electron chi connectivity index (χ2n) is 5.40. The highest BCUT2D eigenvalue weighted by Crippen LogP contribution is 2.29. The SMILES string of the molecule is O=C(Nc1cccc(-n2cnnn2)c1)C1=Cc2cc(Br)ccc2OC1. The summed E-state index contributed by atoms with van der Waals surface area (Å²) in [6.45, 7) is 0.229. The van der Waals surface area contributed by atoms with Crippen molar-refractivity contribution in [2.75, 3.05) is 11.9 Å². The molecule has 0 radical (unpaired) electrons. The van der Waals surface area contributed by atoms with Gasteiger partial charge in [0.25, 0.3) is 5.91 Å². The van der Waals surface area contributed by atoms with E-state index in [4.69, 9.17) is 4.74 Å². The quantitative estimate of drug-likeness (QED) is 0.734. The van der Waals surface area contributed by atoms with E-state index in [1.54, 1.807) is 12.1 Å². The highest BCUT2D eigenvalue weighted by atomic mass is 79.9. The lowest BCUT2D eigenvalue weighted by Gasteiger charge is -2.18. The van der Waals surface area contributed by atoms with Crippen LogP contribution in [0.5, 0.6) is 5.75 Å². The summed E-state index contributed by atoms with van der Waals surface area (Å²) in [7, 11) is 0. The molecule has 3 aromatic rings. The number of aromatic nitrogens is 4. The number of carbonyl (C=O) groups excluding carboxylic acids is 1. The fourth-order valence-electron chi connectivity index (χ4n) is 2.50. The van der Waals surface area contributed by atoms with Gasteiger partial charge in [0.2, 0.25) is 0 Å². The van der Waals surface area contributed by atoms with Gasteiger partial charge in [0.1, 0.15) is 18.7 Å². The molecule has 25 heavy (non-hydrogen) atoms. The van der Waals surface area contributed by atoms with Crippen LogP contribution in [0.1, 0.15) is 5.56 Å². The molecule has 1 amide bonds. The van der Waals surface area contributed by atoms with Crippen LogP contribution in [0.25, 0.3) is 11.8 Å². The predicted molar refractivity (Wildman–Crippen MR) is 95.4 cm³/mol. The fraction of sp³-hybridized carbons (Fsp3) is 0.0588. The minimum absolute atomic E-state index is 0.209. The normalized spacial score (nSPS) is 12.8. The maximum atomic E-state index is 12.5. The van der Waals surface area contributed by atoms with Crippen molar-refractivity contribution >= 4 is 33.6 Å². The van der Waals surface area contributed by atoms with E-state index < -0.39 is 0 Å². The highest BCUT2D eigenvalue weighted by molar-refractivity contribution is 9.10. The zero-order valence-corrected chi connectivity index (χ0v) is 14.5. The van der Waals surface area contributed by atoms with E-state index in [-0.39, 0.29) is 12.5 Å². The van der Waals surface area contributed by atoms with Gasteiger partial charge in [-0.25, -0.2) is 4.68 Å². The first-order valence-electron chi connectivity index (χ1n) is 7.47. The molecule has 0 saturated heterocycles. The molecule has 1 aromatic heterocycles. The summed E-state index contributed by atoms with van der Waals surface area (Å²) in [6, 6.07) is 13.0. The second-order valence-corrected chi connectivity index (χ2v) is 6.31. The number of fused-ring (bicyclic) bond motifs is 1. The van der Waals surface area contributed by atoms with Crippen molar-refractivity contribution in [3.63, 3.8) is 0 Å². The van der Waals surface area contributed by atoms with E-state index in [1.807, 2.05) is 36.4 Å². The lowest BCUT2D eigenvalue weighted by Crippen LogP contribution is -2.21. The number of amides is 1. The third-order valence-electron chi connectivity index (χ3n) is 3.69. The Kier molecular flexibility index (Phi) is 4.02. The number of benzene rings is 2. The van der Waals surface area contributed by atoms with Gasteiger partial charge in [0, 0.05) is 15.7 Å². The molecule has 1 aliphatic rings. The summed E-state index contributed by atoms with van der Waals surface area (Å²) in [5.74, 6) is 0.555. The van der Waals surface area contributed by atoms with E-state index in [2.05, 4.69) is 36.8 Å². The minimum atomic E-state index is -0.209. The Morgan fingerprint density at radius 1 is 1.24 bits per heavy atom. The van der Waals surface area contributed by atoms with Gasteiger partial charge in [-0.3, -0.25) is 4.79 Å². The van der Waals surface area contributed by atoms with Crippen LogP contribution < -0.4 is 10.1 Å². The van der Waals surface area contributed by atoms with Gasteiger partial charge in [0.05, 0.1) is 11.3 Å². The Bertz CT molecular complexity index is 969. The Labute approximate surface area is 151 Å². The van der Waals surface area contributed by atoms with Crippen molar-refractivity contribution in [2.45, 2.75) is 0 Å². The monoisotopic (exact) mass is 397 g/mol. The molecular formula is C17H12BrN5O2. The molecule has 0 fully saturated rings. The molecule has 0 atom stereocenters. The molecule has 2 aromatic carbocycles. The van der Waals surface area contributed by atoms with Crippen LogP contribution in [-0.2, 0) is 4.79 Å². The van der Waals surface area contributed by atoms with Crippen LogP contribution in [0.15, 0.2) is 58.8 Å². The maximum absolute atomic E-state index is 12.5. The van der Waals surface area contributed by atoms with Crippen molar-refractivity contribution in [2.24, 2.45) is 0 Å². The Hall–Kier alpha value is -3.00. The third-order valence-corrected chi connectivity index (χ3v) is 4.19. The van der Waals surface area contributed by atoms with Gasteiger partial charge < -0.3 is 10.1 Å². The lowest BCUT2D eigenvalue weighted by molar-refractivity contribution is -0.113. The highest BCUT2D eigenvalue weighted by Gasteiger charge is 2.17.